The summed E-state index contributed by atoms with van der Waals surface area (Å²) in [7, 11) is 0. The molecule has 3 rings (SSSR count). The highest BCUT2D eigenvalue weighted by Crippen LogP contribution is 2.24. The number of carbonyl (C=O) groups is 2. The Morgan fingerprint density at radius 3 is 2.71 bits per heavy atom. The van der Waals surface area contributed by atoms with E-state index in [2.05, 4.69) is 10.6 Å². The average Bonchev–Trinajstić information content (AvgIpc) is 2.76. The molecule has 5 heteroatoms. The Labute approximate surface area is 141 Å². The van der Waals surface area contributed by atoms with Gasteiger partial charge in [-0.2, -0.15) is 0 Å². The van der Waals surface area contributed by atoms with Crippen molar-refractivity contribution in [3.63, 3.8) is 0 Å². The Kier molecular flexibility index (Phi) is 4.79. The van der Waals surface area contributed by atoms with E-state index in [-0.39, 0.29) is 11.8 Å². The number of ether oxygens (including phenoxy) is 1. The van der Waals surface area contributed by atoms with Gasteiger partial charge in [-0.05, 0) is 67.8 Å². The van der Waals surface area contributed by atoms with E-state index in [0.717, 1.165) is 29.8 Å². The lowest BCUT2D eigenvalue weighted by atomic mass is 10.0. The van der Waals surface area contributed by atoms with Gasteiger partial charge in [0.2, 0.25) is 5.91 Å². The number of rotatable bonds is 4. The summed E-state index contributed by atoms with van der Waals surface area (Å²) < 4.78 is 5.39. The quantitative estimate of drug-likeness (QED) is 0.903. The van der Waals surface area contributed by atoms with Crippen LogP contribution in [-0.4, -0.2) is 18.4 Å². The van der Waals surface area contributed by atoms with Crippen LogP contribution in [0.5, 0.6) is 5.75 Å². The summed E-state index contributed by atoms with van der Waals surface area (Å²) in [6, 6.07) is 12.7. The summed E-state index contributed by atoms with van der Waals surface area (Å²) in [5, 5.41) is 5.75. The highest BCUT2D eigenvalue weighted by Gasteiger charge is 2.15. The van der Waals surface area contributed by atoms with Gasteiger partial charge in [-0.25, -0.2) is 0 Å². The van der Waals surface area contributed by atoms with Gasteiger partial charge in [-0.3, -0.25) is 9.59 Å². The molecule has 1 heterocycles. The van der Waals surface area contributed by atoms with Crippen molar-refractivity contribution in [2.75, 3.05) is 17.2 Å². The molecule has 1 aliphatic heterocycles. The molecule has 24 heavy (non-hydrogen) atoms. The maximum absolute atomic E-state index is 12.4. The predicted molar refractivity (Wildman–Crippen MR) is 93.6 cm³/mol. The fourth-order valence-corrected chi connectivity index (χ4v) is 2.72. The lowest BCUT2D eigenvalue weighted by Gasteiger charge is -2.10. The number of aryl methyl sites for hydroxylation is 1. The van der Waals surface area contributed by atoms with Crippen molar-refractivity contribution >= 4 is 23.2 Å². The van der Waals surface area contributed by atoms with Crippen molar-refractivity contribution in [3.05, 3.63) is 53.6 Å². The third-order valence-electron chi connectivity index (χ3n) is 3.91. The summed E-state index contributed by atoms with van der Waals surface area (Å²) in [4.78, 5) is 24.0. The first-order valence-electron chi connectivity index (χ1n) is 8.12. The molecule has 0 saturated heterocycles. The molecule has 0 bridgehead atoms. The molecule has 2 aromatic rings. The lowest BCUT2D eigenvalue weighted by molar-refractivity contribution is -0.116. The Morgan fingerprint density at radius 1 is 1.17 bits per heavy atom. The first-order valence-corrected chi connectivity index (χ1v) is 8.12. The summed E-state index contributed by atoms with van der Waals surface area (Å²) in [5.41, 5.74) is 3.10. The number of hydrogen-bond acceptors (Lipinski definition) is 3. The maximum Gasteiger partial charge on any atom is 0.255 e. The molecule has 0 saturated carbocycles. The van der Waals surface area contributed by atoms with E-state index in [1.807, 2.05) is 37.3 Å². The van der Waals surface area contributed by atoms with Gasteiger partial charge in [0, 0.05) is 23.4 Å². The number of anilines is 2. The fraction of sp³-hybridized carbons (Fsp3) is 0.263. The molecule has 0 spiro atoms. The summed E-state index contributed by atoms with van der Waals surface area (Å²) in [6.45, 7) is 2.54. The summed E-state index contributed by atoms with van der Waals surface area (Å²) in [6.07, 6.45) is 2.10. The zero-order chi connectivity index (χ0) is 16.9. The van der Waals surface area contributed by atoms with Crippen molar-refractivity contribution in [1.29, 1.82) is 0 Å². The highest BCUT2D eigenvalue weighted by molar-refractivity contribution is 6.05. The molecule has 0 atom stereocenters. The molecule has 0 unspecified atom stereocenters. The first-order chi connectivity index (χ1) is 11.7. The van der Waals surface area contributed by atoms with Crippen molar-refractivity contribution in [2.24, 2.45) is 0 Å². The van der Waals surface area contributed by atoms with Crippen molar-refractivity contribution in [2.45, 2.75) is 26.2 Å². The molecule has 2 amide bonds. The zero-order valence-corrected chi connectivity index (χ0v) is 13.6. The van der Waals surface area contributed by atoms with E-state index in [0.29, 0.717) is 24.3 Å². The van der Waals surface area contributed by atoms with Gasteiger partial charge in [0.05, 0.1) is 6.61 Å². The van der Waals surface area contributed by atoms with Gasteiger partial charge in [-0.15, -0.1) is 0 Å². The van der Waals surface area contributed by atoms with E-state index >= 15 is 0 Å². The molecule has 124 valence electrons. The molecule has 0 aromatic heterocycles. The Bertz CT molecular complexity index is 754. The van der Waals surface area contributed by atoms with Gasteiger partial charge < -0.3 is 15.4 Å². The second-order valence-corrected chi connectivity index (χ2v) is 5.69. The Balaban J connectivity index is 1.73. The minimum atomic E-state index is -0.169. The van der Waals surface area contributed by atoms with Crippen LogP contribution in [0.1, 0.15) is 35.7 Å². The van der Waals surface area contributed by atoms with Gasteiger partial charge in [0.15, 0.2) is 0 Å². The van der Waals surface area contributed by atoms with Crippen molar-refractivity contribution in [1.82, 2.24) is 0 Å². The van der Waals surface area contributed by atoms with Gasteiger partial charge in [0.1, 0.15) is 5.75 Å². The molecule has 2 N–H and O–H groups in total. The number of benzene rings is 2. The largest absolute Gasteiger partial charge is 0.494 e. The van der Waals surface area contributed by atoms with E-state index in [1.54, 1.807) is 12.1 Å². The van der Waals surface area contributed by atoms with Crippen LogP contribution >= 0.6 is 0 Å². The maximum atomic E-state index is 12.4. The molecular formula is C19H20N2O3. The molecule has 0 radical (unpaired) electrons. The monoisotopic (exact) mass is 324 g/mol. The van der Waals surface area contributed by atoms with Gasteiger partial charge >= 0.3 is 0 Å². The number of nitrogens with one attached hydrogen (secondary N) is 2. The molecule has 5 nitrogen and oxygen atoms in total. The molecular weight excluding hydrogens is 304 g/mol. The standard InChI is InChI=1S/C19H20N2O3/c1-2-24-16-9-7-15(8-10-16)20-19(23)14-6-11-17-13(12-14)4-3-5-18(22)21-17/h6-12H,2-5H2,1H3,(H,20,23)(H,21,22). The third kappa shape index (κ3) is 3.74. The minimum absolute atomic E-state index is 0.0281. The van der Waals surface area contributed by atoms with Crippen molar-refractivity contribution in [3.8, 4) is 5.75 Å². The van der Waals surface area contributed by atoms with E-state index in [9.17, 15) is 9.59 Å². The van der Waals surface area contributed by atoms with Crippen LogP contribution in [0, 0.1) is 0 Å². The van der Waals surface area contributed by atoms with E-state index in [1.165, 1.54) is 0 Å². The zero-order valence-electron chi connectivity index (χ0n) is 13.6. The van der Waals surface area contributed by atoms with Crippen molar-refractivity contribution < 1.29 is 14.3 Å². The van der Waals surface area contributed by atoms with Crippen LogP contribution in [0.3, 0.4) is 0 Å². The second-order valence-electron chi connectivity index (χ2n) is 5.69. The Hall–Kier alpha value is -2.82. The predicted octanol–water partition coefficient (Wildman–Crippen LogP) is 3.61. The minimum Gasteiger partial charge on any atom is -0.494 e. The molecule has 0 fully saturated rings. The topological polar surface area (TPSA) is 67.4 Å². The summed E-state index contributed by atoms with van der Waals surface area (Å²) in [5.74, 6) is 0.633. The Morgan fingerprint density at radius 2 is 1.96 bits per heavy atom. The van der Waals surface area contributed by atoms with Crippen LogP contribution in [0.25, 0.3) is 0 Å². The van der Waals surface area contributed by atoms with Crippen LogP contribution in [0.4, 0.5) is 11.4 Å². The highest BCUT2D eigenvalue weighted by atomic mass is 16.5. The SMILES string of the molecule is CCOc1ccc(NC(=O)c2ccc3c(c2)CCCC(=O)N3)cc1. The van der Waals surface area contributed by atoms with E-state index < -0.39 is 0 Å². The summed E-state index contributed by atoms with van der Waals surface area (Å²) >= 11 is 0. The number of fused-ring (bicyclic) bond motifs is 1. The molecule has 1 aliphatic rings. The van der Waals surface area contributed by atoms with Crippen LogP contribution in [0.2, 0.25) is 0 Å². The smallest absolute Gasteiger partial charge is 0.255 e. The number of amides is 2. The number of hydrogen-bond donors (Lipinski definition) is 2. The molecule has 0 aliphatic carbocycles. The first kappa shape index (κ1) is 16.1. The van der Waals surface area contributed by atoms with Gasteiger partial charge in [0.25, 0.3) is 5.91 Å². The van der Waals surface area contributed by atoms with Crippen LogP contribution in [-0.2, 0) is 11.2 Å². The second kappa shape index (κ2) is 7.17. The lowest BCUT2D eigenvalue weighted by Crippen LogP contribution is -2.13. The van der Waals surface area contributed by atoms with Crippen LogP contribution in [0.15, 0.2) is 42.5 Å². The number of carbonyl (C=O) groups excluding carboxylic acids is 2. The van der Waals surface area contributed by atoms with E-state index in [4.69, 9.17) is 4.74 Å². The third-order valence-corrected chi connectivity index (χ3v) is 3.91. The fourth-order valence-electron chi connectivity index (χ4n) is 2.72. The van der Waals surface area contributed by atoms with Gasteiger partial charge in [-0.1, -0.05) is 0 Å². The average molecular weight is 324 g/mol. The normalized spacial score (nSPS) is 13.5. The van der Waals surface area contributed by atoms with Crippen LogP contribution < -0.4 is 15.4 Å². The molecule has 2 aromatic carbocycles.